The van der Waals surface area contributed by atoms with E-state index in [1.807, 2.05) is 24.3 Å². The summed E-state index contributed by atoms with van der Waals surface area (Å²) < 4.78 is 0. The molecule has 0 aliphatic rings. The van der Waals surface area contributed by atoms with Gasteiger partial charge in [0, 0.05) is 23.1 Å². The number of carbonyl (C=O) groups excluding carboxylic acids is 1. The molecule has 3 nitrogen and oxygen atoms in total. The third-order valence-electron chi connectivity index (χ3n) is 2.59. The minimum atomic E-state index is 0.0575. The highest BCUT2D eigenvalue weighted by Gasteiger charge is 2.02. The van der Waals surface area contributed by atoms with Crippen LogP contribution in [0, 0.1) is 0 Å². The van der Waals surface area contributed by atoms with E-state index in [2.05, 4.69) is 5.32 Å². The molecule has 0 saturated heterocycles. The van der Waals surface area contributed by atoms with Crippen molar-refractivity contribution in [2.45, 2.75) is 30.6 Å². The molecule has 0 heterocycles. The molecule has 2 N–H and O–H groups in total. The average Bonchev–Trinajstić information content (AvgIpc) is 2.42. The first-order chi connectivity index (χ1) is 9.22. The Balaban J connectivity index is 2.06. The van der Waals surface area contributed by atoms with Crippen LogP contribution >= 0.6 is 23.4 Å². The van der Waals surface area contributed by atoms with Gasteiger partial charge in [-0.05, 0) is 37.1 Å². The lowest BCUT2D eigenvalue weighted by molar-refractivity contribution is -0.118. The summed E-state index contributed by atoms with van der Waals surface area (Å²) >= 11 is 7.30. The zero-order chi connectivity index (χ0) is 13.9. The third-order valence-corrected chi connectivity index (χ3v) is 3.85. The van der Waals surface area contributed by atoms with Crippen LogP contribution in [0.1, 0.15) is 25.7 Å². The van der Waals surface area contributed by atoms with Crippen molar-refractivity contribution in [1.29, 1.82) is 0 Å². The first-order valence-corrected chi connectivity index (χ1v) is 7.84. The van der Waals surface area contributed by atoms with Gasteiger partial charge in [-0.15, -0.1) is 11.8 Å². The molecule has 0 radical (unpaired) electrons. The number of aliphatic hydroxyl groups is 1. The van der Waals surface area contributed by atoms with Gasteiger partial charge in [0.2, 0.25) is 5.91 Å². The van der Waals surface area contributed by atoms with Crippen LogP contribution < -0.4 is 5.32 Å². The van der Waals surface area contributed by atoms with Crippen molar-refractivity contribution in [2.24, 2.45) is 0 Å². The fraction of sp³-hybridized carbons (Fsp3) is 0.500. The number of thioether (sulfide) groups is 1. The highest BCUT2D eigenvalue weighted by molar-refractivity contribution is 8.00. The van der Waals surface area contributed by atoms with Crippen LogP contribution in [0.15, 0.2) is 29.2 Å². The van der Waals surface area contributed by atoms with Crippen LogP contribution in [0.25, 0.3) is 0 Å². The van der Waals surface area contributed by atoms with Gasteiger partial charge in [0.05, 0.1) is 5.75 Å². The maximum atomic E-state index is 11.6. The van der Waals surface area contributed by atoms with Crippen molar-refractivity contribution >= 4 is 29.3 Å². The van der Waals surface area contributed by atoms with Crippen molar-refractivity contribution in [3.8, 4) is 0 Å². The standard InChI is InChI=1S/C14H20ClNO2S/c15-12-5-7-13(8-6-12)19-11-14(18)16-9-3-1-2-4-10-17/h5-8,17H,1-4,9-11H2,(H,16,18). The van der Waals surface area contributed by atoms with Crippen molar-refractivity contribution in [1.82, 2.24) is 5.32 Å². The van der Waals surface area contributed by atoms with E-state index in [1.54, 1.807) is 0 Å². The quantitative estimate of drug-likeness (QED) is 0.544. The Morgan fingerprint density at radius 1 is 1.16 bits per heavy atom. The molecule has 0 spiro atoms. The molecule has 0 aliphatic heterocycles. The second kappa shape index (κ2) is 10.1. The predicted molar refractivity (Wildman–Crippen MR) is 80.7 cm³/mol. The summed E-state index contributed by atoms with van der Waals surface area (Å²) in [6.07, 6.45) is 3.88. The van der Waals surface area contributed by atoms with Gasteiger partial charge in [-0.25, -0.2) is 0 Å². The third kappa shape index (κ3) is 8.14. The Morgan fingerprint density at radius 3 is 2.53 bits per heavy atom. The fourth-order valence-corrected chi connectivity index (χ4v) is 2.40. The fourth-order valence-electron chi connectivity index (χ4n) is 1.55. The molecular weight excluding hydrogens is 282 g/mol. The number of hydrogen-bond donors (Lipinski definition) is 2. The normalized spacial score (nSPS) is 10.4. The van der Waals surface area contributed by atoms with E-state index in [4.69, 9.17) is 16.7 Å². The maximum absolute atomic E-state index is 11.6. The van der Waals surface area contributed by atoms with Crippen molar-refractivity contribution in [3.63, 3.8) is 0 Å². The number of halogens is 1. The van der Waals surface area contributed by atoms with Gasteiger partial charge in [-0.2, -0.15) is 0 Å². The van der Waals surface area contributed by atoms with Gasteiger partial charge in [-0.1, -0.05) is 24.4 Å². The summed E-state index contributed by atoms with van der Waals surface area (Å²) in [5.74, 6) is 0.486. The van der Waals surface area contributed by atoms with Crippen LogP contribution in [0.3, 0.4) is 0 Å². The molecule has 0 fully saturated rings. The average molecular weight is 302 g/mol. The molecule has 19 heavy (non-hydrogen) atoms. The Morgan fingerprint density at radius 2 is 1.84 bits per heavy atom. The van der Waals surface area contributed by atoms with Crippen LogP contribution in [-0.4, -0.2) is 29.9 Å². The molecule has 5 heteroatoms. The topological polar surface area (TPSA) is 49.3 Å². The lowest BCUT2D eigenvalue weighted by atomic mass is 10.2. The maximum Gasteiger partial charge on any atom is 0.230 e. The molecule has 1 amide bonds. The van der Waals surface area contributed by atoms with E-state index >= 15 is 0 Å². The number of aliphatic hydroxyl groups excluding tert-OH is 1. The summed E-state index contributed by atoms with van der Waals surface area (Å²) in [5.41, 5.74) is 0. The largest absolute Gasteiger partial charge is 0.396 e. The van der Waals surface area contributed by atoms with E-state index in [9.17, 15) is 4.79 Å². The monoisotopic (exact) mass is 301 g/mol. The molecule has 1 rings (SSSR count). The second-order valence-electron chi connectivity index (χ2n) is 4.23. The number of carbonyl (C=O) groups is 1. The molecule has 0 atom stereocenters. The van der Waals surface area contributed by atoms with E-state index in [0.717, 1.165) is 30.6 Å². The summed E-state index contributed by atoms with van der Waals surface area (Å²) in [6.45, 7) is 0.968. The first-order valence-electron chi connectivity index (χ1n) is 6.48. The number of hydrogen-bond acceptors (Lipinski definition) is 3. The van der Waals surface area contributed by atoms with Gasteiger partial charge in [-0.3, -0.25) is 4.79 Å². The summed E-state index contributed by atoms with van der Waals surface area (Å²) in [7, 11) is 0. The number of amides is 1. The first kappa shape index (κ1) is 16.3. The number of benzene rings is 1. The highest BCUT2D eigenvalue weighted by atomic mass is 35.5. The minimum Gasteiger partial charge on any atom is -0.396 e. The smallest absolute Gasteiger partial charge is 0.230 e. The molecule has 0 aromatic heterocycles. The van der Waals surface area contributed by atoms with Gasteiger partial charge >= 0.3 is 0 Å². The molecule has 1 aromatic rings. The van der Waals surface area contributed by atoms with Crippen molar-refractivity contribution in [2.75, 3.05) is 18.9 Å². The highest BCUT2D eigenvalue weighted by Crippen LogP contribution is 2.19. The number of rotatable bonds is 9. The van der Waals surface area contributed by atoms with Crippen LogP contribution in [0.2, 0.25) is 5.02 Å². The zero-order valence-electron chi connectivity index (χ0n) is 10.9. The van der Waals surface area contributed by atoms with Crippen molar-refractivity contribution < 1.29 is 9.90 Å². The van der Waals surface area contributed by atoms with E-state index in [1.165, 1.54) is 11.8 Å². The van der Waals surface area contributed by atoms with Gasteiger partial charge in [0.25, 0.3) is 0 Å². The van der Waals surface area contributed by atoms with Crippen LogP contribution in [-0.2, 0) is 4.79 Å². The van der Waals surface area contributed by atoms with Gasteiger partial charge < -0.3 is 10.4 Å². The van der Waals surface area contributed by atoms with E-state index in [0.29, 0.717) is 17.3 Å². The van der Waals surface area contributed by atoms with Gasteiger partial charge in [0.1, 0.15) is 0 Å². The zero-order valence-corrected chi connectivity index (χ0v) is 12.5. The molecule has 0 bridgehead atoms. The minimum absolute atomic E-state index is 0.0575. The van der Waals surface area contributed by atoms with Crippen molar-refractivity contribution in [3.05, 3.63) is 29.3 Å². The van der Waals surface area contributed by atoms with Gasteiger partial charge in [0.15, 0.2) is 0 Å². The summed E-state index contributed by atoms with van der Waals surface area (Å²) in [4.78, 5) is 12.6. The Bertz CT molecular complexity index is 370. The summed E-state index contributed by atoms with van der Waals surface area (Å²) in [6, 6.07) is 7.47. The predicted octanol–water partition coefficient (Wildman–Crippen LogP) is 3.10. The van der Waals surface area contributed by atoms with Crippen LogP contribution in [0.4, 0.5) is 0 Å². The molecule has 0 unspecified atom stereocenters. The number of unbranched alkanes of at least 4 members (excludes halogenated alkanes) is 3. The molecule has 0 saturated carbocycles. The Labute approximate surface area is 123 Å². The molecule has 106 valence electrons. The molecule has 1 aromatic carbocycles. The Hall–Kier alpha value is -0.710. The summed E-state index contributed by atoms with van der Waals surface area (Å²) in [5, 5.41) is 12.2. The van der Waals surface area contributed by atoms with E-state index in [-0.39, 0.29) is 12.5 Å². The van der Waals surface area contributed by atoms with Crippen LogP contribution in [0.5, 0.6) is 0 Å². The van der Waals surface area contributed by atoms with E-state index < -0.39 is 0 Å². The second-order valence-corrected chi connectivity index (χ2v) is 5.72. The lowest BCUT2D eigenvalue weighted by Crippen LogP contribution is -2.26. The SMILES string of the molecule is O=C(CSc1ccc(Cl)cc1)NCCCCCCO. The molecule has 0 aliphatic carbocycles. The molecular formula is C14H20ClNO2S. The Kier molecular flexibility index (Phi) is 8.71. The lowest BCUT2D eigenvalue weighted by Gasteiger charge is -2.05. The number of nitrogens with one attached hydrogen (secondary N) is 1.